The number of benzene rings is 2. The van der Waals surface area contributed by atoms with Crippen LogP contribution in [-0.2, 0) is 11.8 Å². The molecule has 0 bridgehead atoms. The van der Waals surface area contributed by atoms with Crippen molar-refractivity contribution in [1.29, 1.82) is 5.26 Å². The molecular formula is C20H17BrN4O2. The fourth-order valence-corrected chi connectivity index (χ4v) is 2.97. The maximum Gasteiger partial charge on any atom is 0.263 e. The maximum absolute atomic E-state index is 12.4. The largest absolute Gasteiger partial charge is 0.484 e. The van der Waals surface area contributed by atoms with Gasteiger partial charge in [-0.15, -0.1) is 0 Å². The Hall–Kier alpha value is -3.11. The molecule has 0 aliphatic carbocycles. The lowest BCUT2D eigenvalue weighted by atomic mass is 10.1. The predicted molar refractivity (Wildman–Crippen MR) is 106 cm³/mol. The molecule has 7 heteroatoms. The van der Waals surface area contributed by atoms with E-state index in [-0.39, 0.29) is 12.5 Å². The minimum Gasteiger partial charge on any atom is -0.484 e. The number of halogens is 1. The molecule has 1 heterocycles. The Labute approximate surface area is 165 Å². The van der Waals surface area contributed by atoms with Crippen LogP contribution in [0.15, 0.2) is 53.0 Å². The van der Waals surface area contributed by atoms with Gasteiger partial charge in [-0.3, -0.25) is 9.48 Å². The molecule has 0 saturated heterocycles. The van der Waals surface area contributed by atoms with Crippen molar-refractivity contribution >= 4 is 27.7 Å². The third-order valence-electron chi connectivity index (χ3n) is 3.97. The van der Waals surface area contributed by atoms with Crippen LogP contribution in [0.5, 0.6) is 5.75 Å². The first kappa shape index (κ1) is 18.7. The Morgan fingerprint density at radius 2 is 1.89 bits per heavy atom. The minimum atomic E-state index is -0.291. The van der Waals surface area contributed by atoms with Gasteiger partial charge < -0.3 is 10.1 Å². The van der Waals surface area contributed by atoms with Crippen molar-refractivity contribution in [2.75, 3.05) is 11.9 Å². The molecule has 0 saturated carbocycles. The predicted octanol–water partition coefficient (Wildman–Crippen LogP) is 4.05. The molecule has 1 N–H and O–H groups in total. The van der Waals surface area contributed by atoms with E-state index in [1.54, 1.807) is 36.0 Å². The minimum absolute atomic E-state index is 0.143. The van der Waals surface area contributed by atoms with Crippen LogP contribution in [0.1, 0.15) is 11.3 Å². The number of anilines is 1. The molecule has 3 rings (SSSR count). The molecule has 1 aromatic heterocycles. The van der Waals surface area contributed by atoms with Crippen molar-refractivity contribution in [2.45, 2.75) is 6.92 Å². The number of rotatable bonds is 5. The lowest BCUT2D eigenvalue weighted by Gasteiger charge is -2.10. The highest BCUT2D eigenvalue weighted by Gasteiger charge is 2.17. The van der Waals surface area contributed by atoms with Crippen LogP contribution in [0.3, 0.4) is 0 Å². The number of carbonyl (C=O) groups excluding carboxylic acids is 1. The number of ether oxygens (including phenoxy) is 1. The van der Waals surface area contributed by atoms with Gasteiger partial charge in [0.1, 0.15) is 11.6 Å². The smallest absolute Gasteiger partial charge is 0.263 e. The number of nitrogens with one attached hydrogen (secondary N) is 1. The van der Waals surface area contributed by atoms with E-state index in [1.807, 2.05) is 37.3 Å². The fraction of sp³-hybridized carbons (Fsp3) is 0.150. The van der Waals surface area contributed by atoms with Gasteiger partial charge in [0, 0.05) is 17.1 Å². The zero-order valence-corrected chi connectivity index (χ0v) is 16.4. The molecule has 3 aromatic rings. The summed E-state index contributed by atoms with van der Waals surface area (Å²) in [6, 6.07) is 16.5. The van der Waals surface area contributed by atoms with Crippen molar-refractivity contribution < 1.29 is 9.53 Å². The third kappa shape index (κ3) is 4.36. The van der Waals surface area contributed by atoms with Gasteiger partial charge in [-0.05, 0) is 48.9 Å². The lowest BCUT2D eigenvalue weighted by Crippen LogP contribution is -2.22. The van der Waals surface area contributed by atoms with Crippen molar-refractivity contribution in [3.05, 3.63) is 64.3 Å². The standard InChI is InChI=1S/C20H17BrN4O2/c1-13-19(15-5-7-16(21)8-6-15)20(25(2)24-13)23-18(26)12-27-17-9-3-14(11-22)4-10-17/h3-10H,12H2,1-2H3,(H,23,26). The first-order chi connectivity index (χ1) is 13.0. The van der Waals surface area contributed by atoms with E-state index < -0.39 is 0 Å². The first-order valence-electron chi connectivity index (χ1n) is 8.20. The Morgan fingerprint density at radius 1 is 1.22 bits per heavy atom. The molecule has 0 radical (unpaired) electrons. The van der Waals surface area contributed by atoms with Gasteiger partial charge in [-0.1, -0.05) is 28.1 Å². The summed E-state index contributed by atoms with van der Waals surface area (Å²) in [5, 5.41) is 16.1. The summed E-state index contributed by atoms with van der Waals surface area (Å²) in [6.07, 6.45) is 0. The lowest BCUT2D eigenvalue weighted by molar-refractivity contribution is -0.118. The Morgan fingerprint density at radius 3 is 2.52 bits per heavy atom. The second kappa shape index (κ2) is 8.06. The van der Waals surface area contributed by atoms with Crippen molar-refractivity contribution in [2.24, 2.45) is 7.05 Å². The van der Waals surface area contributed by atoms with Crippen LogP contribution >= 0.6 is 15.9 Å². The molecule has 0 atom stereocenters. The third-order valence-corrected chi connectivity index (χ3v) is 4.49. The molecule has 136 valence electrons. The number of aryl methyl sites for hydroxylation is 2. The highest BCUT2D eigenvalue weighted by Crippen LogP contribution is 2.31. The monoisotopic (exact) mass is 424 g/mol. The van der Waals surface area contributed by atoms with Gasteiger partial charge in [0.05, 0.1) is 17.3 Å². The number of carbonyl (C=O) groups is 1. The summed E-state index contributed by atoms with van der Waals surface area (Å²) in [7, 11) is 1.78. The molecule has 27 heavy (non-hydrogen) atoms. The second-order valence-electron chi connectivity index (χ2n) is 5.91. The van der Waals surface area contributed by atoms with Crippen molar-refractivity contribution in [1.82, 2.24) is 9.78 Å². The molecular weight excluding hydrogens is 408 g/mol. The van der Waals surface area contributed by atoms with Gasteiger partial charge >= 0.3 is 0 Å². The number of hydrogen-bond donors (Lipinski definition) is 1. The normalized spacial score (nSPS) is 10.3. The summed E-state index contributed by atoms with van der Waals surface area (Å²) in [5.41, 5.74) is 3.20. The Bertz CT molecular complexity index is 1000. The summed E-state index contributed by atoms with van der Waals surface area (Å²) in [4.78, 5) is 12.4. The van der Waals surface area contributed by atoms with Gasteiger partial charge in [0.25, 0.3) is 5.91 Å². The number of hydrogen-bond acceptors (Lipinski definition) is 4. The summed E-state index contributed by atoms with van der Waals surface area (Å²) in [6.45, 7) is 1.76. The average Bonchev–Trinajstić information content (AvgIpc) is 2.94. The summed E-state index contributed by atoms with van der Waals surface area (Å²) >= 11 is 3.43. The fourth-order valence-electron chi connectivity index (χ4n) is 2.71. The number of aromatic nitrogens is 2. The summed E-state index contributed by atoms with van der Waals surface area (Å²) in [5.74, 6) is 0.849. The number of nitrogens with zero attached hydrogens (tertiary/aromatic N) is 3. The van der Waals surface area contributed by atoms with E-state index in [2.05, 4.69) is 26.3 Å². The molecule has 0 unspecified atom stereocenters. The summed E-state index contributed by atoms with van der Waals surface area (Å²) < 4.78 is 8.12. The first-order valence-corrected chi connectivity index (χ1v) is 8.99. The van der Waals surface area contributed by atoms with E-state index in [0.717, 1.165) is 21.3 Å². The van der Waals surface area contributed by atoms with Crippen molar-refractivity contribution in [3.8, 4) is 22.9 Å². The van der Waals surface area contributed by atoms with E-state index in [0.29, 0.717) is 17.1 Å². The van der Waals surface area contributed by atoms with E-state index >= 15 is 0 Å². The van der Waals surface area contributed by atoms with E-state index in [9.17, 15) is 4.79 Å². The Kier molecular flexibility index (Phi) is 5.57. The highest BCUT2D eigenvalue weighted by atomic mass is 79.9. The van der Waals surface area contributed by atoms with Crippen LogP contribution in [0.25, 0.3) is 11.1 Å². The SMILES string of the molecule is Cc1nn(C)c(NC(=O)COc2ccc(C#N)cc2)c1-c1ccc(Br)cc1. The number of nitriles is 1. The van der Waals surface area contributed by atoms with E-state index in [4.69, 9.17) is 10.00 Å². The molecule has 2 aromatic carbocycles. The molecule has 0 aliphatic rings. The van der Waals surface area contributed by atoms with Gasteiger partial charge in [0.2, 0.25) is 0 Å². The molecule has 1 amide bonds. The van der Waals surface area contributed by atoms with Crippen LogP contribution < -0.4 is 10.1 Å². The quantitative estimate of drug-likeness (QED) is 0.669. The van der Waals surface area contributed by atoms with Crippen LogP contribution in [0.4, 0.5) is 5.82 Å². The van der Waals surface area contributed by atoms with Crippen LogP contribution in [-0.4, -0.2) is 22.3 Å². The topological polar surface area (TPSA) is 79.9 Å². The number of amides is 1. The average molecular weight is 425 g/mol. The van der Waals surface area contributed by atoms with Crippen LogP contribution in [0, 0.1) is 18.3 Å². The van der Waals surface area contributed by atoms with Crippen LogP contribution in [0.2, 0.25) is 0 Å². The van der Waals surface area contributed by atoms with E-state index in [1.165, 1.54) is 0 Å². The van der Waals surface area contributed by atoms with Gasteiger partial charge in [-0.2, -0.15) is 10.4 Å². The highest BCUT2D eigenvalue weighted by molar-refractivity contribution is 9.10. The van der Waals surface area contributed by atoms with Gasteiger partial charge in [0.15, 0.2) is 6.61 Å². The molecule has 0 fully saturated rings. The molecule has 0 aliphatic heterocycles. The van der Waals surface area contributed by atoms with Crippen molar-refractivity contribution in [3.63, 3.8) is 0 Å². The second-order valence-corrected chi connectivity index (χ2v) is 6.83. The van der Waals surface area contributed by atoms with Gasteiger partial charge in [-0.25, -0.2) is 0 Å². The zero-order chi connectivity index (χ0) is 19.4. The maximum atomic E-state index is 12.4. The Balaban J connectivity index is 1.74. The zero-order valence-electron chi connectivity index (χ0n) is 14.9. The molecule has 6 nitrogen and oxygen atoms in total. The molecule has 0 spiro atoms.